The van der Waals surface area contributed by atoms with Gasteiger partial charge in [-0.25, -0.2) is 4.39 Å². The number of anilines is 1. The second kappa shape index (κ2) is 6.41. The highest BCUT2D eigenvalue weighted by Crippen LogP contribution is 2.47. The molecule has 0 bridgehead atoms. The van der Waals surface area contributed by atoms with Gasteiger partial charge in [0, 0.05) is 48.1 Å². The smallest absolute Gasteiger partial charge is 0.232 e. The first kappa shape index (κ1) is 17.6. The predicted molar refractivity (Wildman–Crippen MR) is 101 cm³/mol. The van der Waals surface area contributed by atoms with E-state index in [2.05, 4.69) is 4.98 Å². The number of pyridine rings is 1. The molecule has 1 aliphatic heterocycles. The zero-order valence-electron chi connectivity index (χ0n) is 15.4. The van der Waals surface area contributed by atoms with Gasteiger partial charge in [0.2, 0.25) is 5.91 Å². The standard InChI is InChI=1S/C22H21FN2O2/c1-22(2)12-18-21(19(26)13-22)17(14-7-9-24-10-8-14)11-20(27)25(18)16-5-3-15(23)4-6-16/h3-10,17H,11-13H2,1-2H3. The van der Waals surface area contributed by atoms with Crippen LogP contribution in [0, 0.1) is 11.2 Å². The molecule has 0 saturated carbocycles. The number of carbonyl (C=O) groups excluding carboxylic acids is 2. The molecule has 2 aliphatic rings. The highest BCUT2D eigenvalue weighted by atomic mass is 19.1. The molecule has 27 heavy (non-hydrogen) atoms. The van der Waals surface area contributed by atoms with Crippen molar-refractivity contribution >= 4 is 17.4 Å². The van der Waals surface area contributed by atoms with Crippen molar-refractivity contribution in [3.63, 3.8) is 0 Å². The molecule has 0 saturated heterocycles. The van der Waals surface area contributed by atoms with Gasteiger partial charge in [0.25, 0.3) is 0 Å². The molecule has 0 spiro atoms. The summed E-state index contributed by atoms with van der Waals surface area (Å²) in [6.45, 7) is 4.08. The van der Waals surface area contributed by atoms with Gasteiger partial charge in [0.15, 0.2) is 5.78 Å². The molecular weight excluding hydrogens is 343 g/mol. The lowest BCUT2D eigenvalue weighted by molar-refractivity contribution is -0.121. The summed E-state index contributed by atoms with van der Waals surface area (Å²) < 4.78 is 13.4. The van der Waals surface area contributed by atoms with Gasteiger partial charge in [-0.05, 0) is 53.8 Å². The van der Waals surface area contributed by atoms with Gasteiger partial charge < -0.3 is 0 Å². The molecule has 0 fully saturated rings. The van der Waals surface area contributed by atoms with E-state index in [4.69, 9.17) is 0 Å². The molecule has 1 aromatic heterocycles. The molecule has 2 heterocycles. The maximum Gasteiger partial charge on any atom is 0.232 e. The van der Waals surface area contributed by atoms with Gasteiger partial charge in [-0.15, -0.1) is 0 Å². The van der Waals surface area contributed by atoms with Crippen molar-refractivity contribution in [3.05, 3.63) is 71.4 Å². The Morgan fingerprint density at radius 3 is 2.37 bits per heavy atom. The first-order valence-electron chi connectivity index (χ1n) is 9.10. The van der Waals surface area contributed by atoms with Crippen molar-refractivity contribution in [1.82, 2.24) is 4.98 Å². The summed E-state index contributed by atoms with van der Waals surface area (Å²) in [6.07, 6.45) is 4.66. The number of carbonyl (C=O) groups is 2. The maximum atomic E-state index is 13.4. The van der Waals surface area contributed by atoms with Crippen molar-refractivity contribution < 1.29 is 14.0 Å². The fraction of sp³-hybridized carbons (Fsp3) is 0.318. The van der Waals surface area contributed by atoms with Crippen molar-refractivity contribution in [3.8, 4) is 0 Å². The second-order valence-electron chi connectivity index (χ2n) is 8.04. The number of aromatic nitrogens is 1. The van der Waals surface area contributed by atoms with Crippen molar-refractivity contribution in [2.45, 2.75) is 39.0 Å². The minimum absolute atomic E-state index is 0.0762. The largest absolute Gasteiger partial charge is 0.294 e. The lowest BCUT2D eigenvalue weighted by Gasteiger charge is -2.42. The second-order valence-corrected chi connectivity index (χ2v) is 8.04. The van der Waals surface area contributed by atoms with Crippen molar-refractivity contribution in [2.75, 3.05) is 4.90 Å². The lowest BCUT2D eigenvalue weighted by atomic mass is 9.69. The molecule has 0 radical (unpaired) electrons. The van der Waals surface area contributed by atoms with Gasteiger partial charge >= 0.3 is 0 Å². The number of allylic oxidation sites excluding steroid dienone is 2. The topological polar surface area (TPSA) is 50.3 Å². The van der Waals surface area contributed by atoms with Gasteiger partial charge in [-0.3, -0.25) is 19.5 Å². The quantitative estimate of drug-likeness (QED) is 0.794. The zero-order chi connectivity index (χ0) is 19.2. The van der Waals surface area contributed by atoms with Gasteiger partial charge in [0.05, 0.1) is 0 Å². The maximum absolute atomic E-state index is 13.4. The van der Waals surface area contributed by atoms with E-state index >= 15 is 0 Å². The van der Waals surface area contributed by atoms with E-state index in [0.717, 1.165) is 11.3 Å². The Morgan fingerprint density at radius 2 is 1.70 bits per heavy atom. The summed E-state index contributed by atoms with van der Waals surface area (Å²) in [4.78, 5) is 31.9. The predicted octanol–water partition coefficient (Wildman–Crippen LogP) is 4.38. The lowest BCUT2D eigenvalue weighted by Crippen LogP contribution is -2.43. The van der Waals surface area contributed by atoms with Crippen LogP contribution in [0.15, 0.2) is 60.1 Å². The molecule has 1 aliphatic carbocycles. The van der Waals surface area contributed by atoms with E-state index in [-0.39, 0.29) is 35.3 Å². The molecule has 1 atom stereocenters. The molecule has 4 nitrogen and oxygen atoms in total. The summed E-state index contributed by atoms with van der Waals surface area (Å²) in [5, 5.41) is 0. The SMILES string of the molecule is CC1(C)CC(=O)C2=C(C1)N(c1ccc(F)cc1)C(=O)CC2c1ccncc1. The molecular formula is C22H21FN2O2. The van der Waals surface area contributed by atoms with E-state index in [1.54, 1.807) is 29.4 Å². The number of halogens is 1. The normalized spacial score (nSPS) is 22.0. The van der Waals surface area contributed by atoms with Crippen LogP contribution < -0.4 is 4.90 Å². The molecule has 1 amide bonds. The Morgan fingerprint density at radius 1 is 1.04 bits per heavy atom. The number of nitrogens with zero attached hydrogens (tertiary/aromatic N) is 2. The fourth-order valence-corrected chi connectivity index (χ4v) is 4.19. The van der Waals surface area contributed by atoms with Crippen LogP contribution in [0.25, 0.3) is 0 Å². The molecule has 1 aromatic carbocycles. The first-order chi connectivity index (χ1) is 12.9. The minimum atomic E-state index is -0.355. The summed E-state index contributed by atoms with van der Waals surface area (Å²) in [6, 6.07) is 9.60. The van der Waals surface area contributed by atoms with Crippen LogP contribution in [-0.4, -0.2) is 16.7 Å². The number of rotatable bonds is 2. The Balaban J connectivity index is 1.89. The third-order valence-electron chi connectivity index (χ3n) is 5.34. The number of Topliss-reactive ketones (excluding diaryl/α,β-unsaturated/α-hetero) is 1. The van der Waals surface area contributed by atoms with Crippen LogP contribution in [0.1, 0.15) is 44.6 Å². The van der Waals surface area contributed by atoms with Crippen LogP contribution in [0.5, 0.6) is 0 Å². The Hall–Kier alpha value is -2.82. The molecule has 1 unspecified atom stereocenters. The van der Waals surface area contributed by atoms with Crippen LogP contribution in [0.2, 0.25) is 0 Å². The van der Waals surface area contributed by atoms with E-state index < -0.39 is 0 Å². The van der Waals surface area contributed by atoms with Crippen molar-refractivity contribution in [2.24, 2.45) is 5.41 Å². The highest BCUT2D eigenvalue weighted by Gasteiger charge is 2.44. The summed E-state index contributed by atoms with van der Waals surface area (Å²) >= 11 is 0. The third kappa shape index (κ3) is 3.18. The summed E-state index contributed by atoms with van der Waals surface area (Å²) in [5.41, 5.74) is 2.77. The average molecular weight is 364 g/mol. The van der Waals surface area contributed by atoms with Crippen LogP contribution in [0.3, 0.4) is 0 Å². The Labute approximate surface area is 157 Å². The van der Waals surface area contributed by atoms with E-state index in [9.17, 15) is 14.0 Å². The third-order valence-corrected chi connectivity index (χ3v) is 5.34. The van der Waals surface area contributed by atoms with Crippen molar-refractivity contribution in [1.29, 1.82) is 0 Å². The number of benzene rings is 1. The Kier molecular flexibility index (Phi) is 4.17. The van der Waals surface area contributed by atoms with Gasteiger partial charge in [0.1, 0.15) is 5.82 Å². The first-order valence-corrected chi connectivity index (χ1v) is 9.10. The molecule has 138 valence electrons. The van der Waals surface area contributed by atoms with Gasteiger partial charge in [-0.2, -0.15) is 0 Å². The molecule has 4 rings (SSSR count). The zero-order valence-corrected chi connectivity index (χ0v) is 15.4. The van der Waals surface area contributed by atoms with E-state index in [0.29, 0.717) is 24.1 Å². The summed E-state index contributed by atoms with van der Waals surface area (Å²) in [5.74, 6) is -0.599. The van der Waals surface area contributed by atoms with E-state index in [1.807, 2.05) is 26.0 Å². The van der Waals surface area contributed by atoms with Crippen LogP contribution >= 0.6 is 0 Å². The average Bonchev–Trinajstić information content (AvgIpc) is 2.62. The van der Waals surface area contributed by atoms with Crippen LogP contribution in [0.4, 0.5) is 10.1 Å². The fourth-order valence-electron chi connectivity index (χ4n) is 4.19. The number of amides is 1. The number of hydrogen-bond acceptors (Lipinski definition) is 3. The molecule has 5 heteroatoms. The van der Waals surface area contributed by atoms with E-state index in [1.165, 1.54) is 12.1 Å². The number of ketones is 1. The monoisotopic (exact) mass is 364 g/mol. The summed E-state index contributed by atoms with van der Waals surface area (Å²) in [7, 11) is 0. The van der Waals surface area contributed by atoms with Gasteiger partial charge in [-0.1, -0.05) is 13.8 Å². The highest BCUT2D eigenvalue weighted by molar-refractivity contribution is 6.07. The molecule has 2 aromatic rings. The Bertz CT molecular complexity index is 933. The minimum Gasteiger partial charge on any atom is -0.294 e. The molecule has 0 N–H and O–H groups in total. The number of hydrogen-bond donors (Lipinski definition) is 0. The van der Waals surface area contributed by atoms with Crippen LogP contribution in [-0.2, 0) is 9.59 Å².